The Kier molecular flexibility index (Phi) is 8.97. The van der Waals surface area contributed by atoms with Crippen LogP contribution in [0.15, 0.2) is 76.8 Å². The summed E-state index contributed by atoms with van der Waals surface area (Å²) in [6.45, 7) is 2.93. The molecule has 5 rings (SSSR count). The summed E-state index contributed by atoms with van der Waals surface area (Å²) in [5, 5.41) is 4.36. The average Bonchev–Trinajstić information content (AvgIpc) is 2.95. The number of ether oxygens (including phenoxy) is 2. The van der Waals surface area contributed by atoms with E-state index < -0.39 is 0 Å². The van der Waals surface area contributed by atoms with Gasteiger partial charge >= 0.3 is 0 Å². The van der Waals surface area contributed by atoms with E-state index in [0.717, 1.165) is 59.9 Å². The first-order valence-electron chi connectivity index (χ1n) is 12.4. The van der Waals surface area contributed by atoms with Gasteiger partial charge in [-0.25, -0.2) is 10.4 Å². The Morgan fingerprint density at radius 1 is 1.08 bits per heavy atom. The molecule has 1 N–H and O–H groups in total. The van der Waals surface area contributed by atoms with Crippen LogP contribution < -0.4 is 19.8 Å². The Morgan fingerprint density at radius 3 is 2.61 bits per heavy atom. The van der Waals surface area contributed by atoms with Crippen molar-refractivity contribution in [3.05, 3.63) is 83.4 Å². The third kappa shape index (κ3) is 5.66. The number of hydrazone groups is 1. The number of para-hydroxylation sites is 1. The highest BCUT2D eigenvalue weighted by atomic mass is 35.5. The maximum absolute atomic E-state index is 11.8. The third-order valence-electron chi connectivity index (χ3n) is 6.58. The van der Waals surface area contributed by atoms with E-state index in [1.54, 1.807) is 14.2 Å². The number of methoxy groups -OCH3 is 2. The predicted octanol–water partition coefficient (Wildman–Crippen LogP) is 6.60. The van der Waals surface area contributed by atoms with Crippen molar-refractivity contribution in [2.75, 3.05) is 25.7 Å². The number of nitrogens with zero attached hydrogens (tertiary/aromatic N) is 3. The number of aryl methyl sites for hydroxylation is 1. The molecule has 38 heavy (non-hydrogen) atoms. The second kappa shape index (κ2) is 12.4. The molecule has 2 aliphatic rings. The zero-order valence-corrected chi connectivity index (χ0v) is 23.3. The molecule has 2 aliphatic heterocycles. The minimum absolute atomic E-state index is 0. The van der Waals surface area contributed by atoms with Crippen LogP contribution in [0.2, 0.25) is 0 Å². The molecule has 2 heterocycles. The number of anilines is 1. The molecular weight excluding hydrogens is 520 g/mol. The summed E-state index contributed by atoms with van der Waals surface area (Å²) < 4.78 is 11.1. The molecule has 0 bridgehead atoms. The van der Waals surface area contributed by atoms with E-state index in [1.165, 1.54) is 17.3 Å². The van der Waals surface area contributed by atoms with Crippen LogP contribution in [0.4, 0.5) is 16.2 Å². The van der Waals surface area contributed by atoms with Crippen molar-refractivity contribution in [1.29, 1.82) is 0 Å². The molecule has 198 valence electrons. The normalized spacial score (nSPS) is 17.1. The smallest absolute Gasteiger partial charge is 0.299 e. The number of rotatable bonds is 6. The molecule has 3 aromatic rings. The minimum atomic E-state index is -0.101. The summed E-state index contributed by atoms with van der Waals surface area (Å²) in [5.74, 6) is 2.19. The number of amidine groups is 1. The molecule has 0 fully saturated rings. The van der Waals surface area contributed by atoms with E-state index in [9.17, 15) is 4.79 Å². The van der Waals surface area contributed by atoms with Crippen molar-refractivity contribution < 1.29 is 14.3 Å². The molecule has 1 atom stereocenters. The number of amides is 1. The number of aliphatic imine (C=N–C) groups is 1. The summed E-state index contributed by atoms with van der Waals surface area (Å²) in [6.07, 6.45) is 2.80. The van der Waals surface area contributed by atoms with Crippen molar-refractivity contribution in [2.24, 2.45) is 10.1 Å². The first-order valence-corrected chi connectivity index (χ1v) is 13.3. The van der Waals surface area contributed by atoms with Crippen molar-refractivity contribution in [3.8, 4) is 11.5 Å². The lowest BCUT2D eigenvalue weighted by Gasteiger charge is -2.33. The molecule has 0 saturated carbocycles. The number of halogens is 1. The van der Waals surface area contributed by atoms with Gasteiger partial charge in [-0.2, -0.15) is 5.10 Å². The first-order chi connectivity index (χ1) is 18.1. The molecule has 3 aromatic carbocycles. The van der Waals surface area contributed by atoms with Gasteiger partial charge in [0.15, 0.2) is 11.5 Å². The number of nitrogens with one attached hydrogen (secondary N) is 1. The molecule has 0 aromatic heterocycles. The Labute approximate surface area is 233 Å². The highest BCUT2D eigenvalue weighted by molar-refractivity contribution is 8.14. The molecule has 0 aliphatic carbocycles. The van der Waals surface area contributed by atoms with E-state index in [2.05, 4.69) is 40.5 Å². The van der Waals surface area contributed by atoms with E-state index in [0.29, 0.717) is 11.5 Å². The number of fused-ring (bicyclic) bond motifs is 1. The monoisotopic (exact) mass is 550 g/mol. The van der Waals surface area contributed by atoms with Gasteiger partial charge in [0, 0.05) is 17.8 Å². The number of thioether (sulfide) groups is 1. The van der Waals surface area contributed by atoms with Crippen molar-refractivity contribution in [1.82, 2.24) is 5.43 Å². The fraction of sp³-hybridized carbons (Fsp3) is 0.276. The average molecular weight is 551 g/mol. The quantitative estimate of drug-likeness (QED) is 0.276. The summed E-state index contributed by atoms with van der Waals surface area (Å²) >= 11 is 1.30. The molecule has 1 unspecified atom stereocenters. The summed E-state index contributed by atoms with van der Waals surface area (Å²) in [6, 6.07) is 22.4. The molecule has 9 heteroatoms. The van der Waals surface area contributed by atoms with Crippen LogP contribution in [0.1, 0.15) is 36.5 Å². The maximum Gasteiger partial charge on any atom is 0.299 e. The van der Waals surface area contributed by atoms with Crippen molar-refractivity contribution in [3.63, 3.8) is 0 Å². The third-order valence-corrected chi connectivity index (χ3v) is 7.72. The maximum atomic E-state index is 11.8. The van der Waals surface area contributed by atoms with Gasteiger partial charge in [-0.1, -0.05) is 43.0 Å². The largest absolute Gasteiger partial charge is 0.493 e. The van der Waals surface area contributed by atoms with Crippen LogP contribution in [0.25, 0.3) is 0 Å². The van der Waals surface area contributed by atoms with Crippen molar-refractivity contribution >= 4 is 52.3 Å². The lowest BCUT2D eigenvalue weighted by Crippen LogP contribution is -2.36. The fourth-order valence-corrected chi connectivity index (χ4v) is 5.60. The molecule has 0 spiro atoms. The predicted molar refractivity (Wildman–Crippen MR) is 158 cm³/mol. The van der Waals surface area contributed by atoms with Crippen LogP contribution in [0.5, 0.6) is 11.5 Å². The number of benzene rings is 3. The van der Waals surface area contributed by atoms with Gasteiger partial charge in [-0.15, -0.1) is 12.4 Å². The van der Waals surface area contributed by atoms with Crippen LogP contribution in [0.3, 0.4) is 0 Å². The first kappa shape index (κ1) is 27.5. The Balaban J connectivity index is 0.00000336. The summed E-state index contributed by atoms with van der Waals surface area (Å²) in [4.78, 5) is 19.2. The molecule has 7 nitrogen and oxygen atoms in total. The van der Waals surface area contributed by atoms with Crippen LogP contribution in [-0.4, -0.2) is 42.8 Å². The van der Waals surface area contributed by atoms with Crippen LogP contribution in [-0.2, 0) is 6.42 Å². The Morgan fingerprint density at radius 2 is 1.87 bits per heavy atom. The highest BCUT2D eigenvalue weighted by Gasteiger charge is 2.28. The van der Waals surface area contributed by atoms with E-state index in [-0.39, 0.29) is 22.9 Å². The topological polar surface area (TPSA) is 75.5 Å². The second-order valence-corrected chi connectivity index (χ2v) is 10.0. The number of carbonyl (C=O) groups is 1. The van der Waals surface area contributed by atoms with Gasteiger partial charge in [0.1, 0.15) is 5.84 Å². The molecule has 0 radical (unpaired) electrons. The lowest BCUT2D eigenvalue weighted by atomic mass is 9.95. The number of hydrogen-bond acceptors (Lipinski definition) is 6. The van der Waals surface area contributed by atoms with Crippen molar-refractivity contribution in [2.45, 2.75) is 31.4 Å². The van der Waals surface area contributed by atoms with Gasteiger partial charge in [-0.3, -0.25) is 4.79 Å². The molecule has 0 saturated heterocycles. The van der Waals surface area contributed by atoms with Gasteiger partial charge in [-0.05, 0) is 72.9 Å². The zero-order chi connectivity index (χ0) is 25.8. The lowest BCUT2D eigenvalue weighted by molar-refractivity contribution is 0.260. The zero-order valence-electron chi connectivity index (χ0n) is 21.6. The molecule has 1 amide bonds. The standard InChI is InChI=1S/C29H30N4O3S.ClH/c1-4-26-27(31-32-29(34)37-26)20-12-14-23-19(17-20)9-8-16-33(23)28(30-22-10-6-5-7-11-22)21-13-15-24(35-2)25(18-21)36-3;/h5-7,10-15,17-18,26H,4,8-9,16H2,1-3H3,(H,32,34);1H. The Hall–Kier alpha value is -3.49. The van der Waals surface area contributed by atoms with E-state index in [1.807, 2.05) is 48.5 Å². The highest BCUT2D eigenvalue weighted by Crippen LogP contribution is 2.35. The molecular formula is C29H31ClN4O3S. The van der Waals surface area contributed by atoms with Gasteiger partial charge < -0.3 is 14.4 Å². The second-order valence-electron chi connectivity index (χ2n) is 8.85. The summed E-state index contributed by atoms with van der Waals surface area (Å²) in [7, 11) is 3.28. The van der Waals surface area contributed by atoms with Gasteiger partial charge in [0.25, 0.3) is 5.24 Å². The SMILES string of the molecule is CCC1SC(=O)NN=C1c1ccc2c(c1)CCCN2C(=Nc1ccccc1)c1ccc(OC)c(OC)c1.Cl. The number of hydrogen-bond donors (Lipinski definition) is 1. The van der Waals surface area contributed by atoms with Gasteiger partial charge in [0.05, 0.1) is 30.9 Å². The van der Waals surface area contributed by atoms with E-state index in [4.69, 9.17) is 14.5 Å². The minimum Gasteiger partial charge on any atom is -0.493 e. The Bertz CT molecular complexity index is 1360. The van der Waals surface area contributed by atoms with Crippen LogP contribution in [0, 0.1) is 0 Å². The summed E-state index contributed by atoms with van der Waals surface area (Å²) in [5.41, 5.74) is 8.79. The number of carbonyl (C=O) groups excluding carboxylic acids is 1. The fourth-order valence-electron chi connectivity index (χ4n) is 4.77. The van der Waals surface area contributed by atoms with E-state index >= 15 is 0 Å². The van der Waals surface area contributed by atoms with Crippen LogP contribution >= 0.6 is 24.2 Å². The van der Waals surface area contributed by atoms with Gasteiger partial charge in [0.2, 0.25) is 0 Å².